The van der Waals surface area contributed by atoms with Crippen LogP contribution in [0.4, 0.5) is 0 Å². The number of hydrogen-bond acceptors (Lipinski definition) is 3. The standard InChI is InChI=1S/C20H21N3O2/c1-3-25-19-11-9-16(10-12-19)14-22(2)20(24)17-13-21-23(15-17)18-7-5-4-6-8-18/h4-13,15H,3,14H2,1-2H3. The lowest BCUT2D eigenvalue weighted by molar-refractivity contribution is 0.0785. The number of benzene rings is 2. The average Bonchev–Trinajstić information content (AvgIpc) is 3.14. The largest absolute Gasteiger partial charge is 0.494 e. The fraction of sp³-hybridized carbons (Fsp3) is 0.200. The number of carbonyl (C=O) groups is 1. The van der Waals surface area contributed by atoms with Gasteiger partial charge in [-0.3, -0.25) is 4.79 Å². The monoisotopic (exact) mass is 335 g/mol. The van der Waals surface area contributed by atoms with Crippen molar-refractivity contribution in [2.45, 2.75) is 13.5 Å². The zero-order valence-electron chi connectivity index (χ0n) is 14.4. The molecule has 0 atom stereocenters. The number of nitrogens with zero attached hydrogens (tertiary/aromatic N) is 3. The highest BCUT2D eigenvalue weighted by Gasteiger charge is 2.14. The van der Waals surface area contributed by atoms with Crippen LogP contribution in [0.5, 0.6) is 5.75 Å². The second kappa shape index (κ2) is 7.66. The van der Waals surface area contributed by atoms with E-state index in [4.69, 9.17) is 4.74 Å². The molecule has 0 aliphatic heterocycles. The van der Waals surface area contributed by atoms with Crippen LogP contribution in [0.25, 0.3) is 5.69 Å². The van der Waals surface area contributed by atoms with Gasteiger partial charge in [0.2, 0.25) is 0 Å². The van der Waals surface area contributed by atoms with Gasteiger partial charge in [0.05, 0.1) is 24.1 Å². The third-order valence-electron chi connectivity index (χ3n) is 3.85. The van der Waals surface area contributed by atoms with Crippen LogP contribution in [0.15, 0.2) is 67.0 Å². The molecule has 128 valence electrons. The zero-order valence-corrected chi connectivity index (χ0v) is 14.4. The smallest absolute Gasteiger partial charge is 0.257 e. The Balaban J connectivity index is 1.67. The Morgan fingerprint density at radius 3 is 2.52 bits per heavy atom. The van der Waals surface area contributed by atoms with Crippen molar-refractivity contribution in [1.29, 1.82) is 0 Å². The van der Waals surface area contributed by atoms with Crippen LogP contribution < -0.4 is 4.74 Å². The van der Waals surface area contributed by atoms with E-state index in [1.54, 1.807) is 29.0 Å². The molecule has 1 aromatic heterocycles. The lowest BCUT2D eigenvalue weighted by atomic mass is 10.2. The van der Waals surface area contributed by atoms with E-state index in [1.165, 1.54) is 0 Å². The third kappa shape index (κ3) is 4.07. The van der Waals surface area contributed by atoms with E-state index in [2.05, 4.69) is 5.10 Å². The van der Waals surface area contributed by atoms with Crippen LogP contribution >= 0.6 is 0 Å². The predicted molar refractivity (Wildman–Crippen MR) is 97.0 cm³/mol. The van der Waals surface area contributed by atoms with Gasteiger partial charge in [0, 0.05) is 19.8 Å². The molecule has 1 amide bonds. The first-order valence-corrected chi connectivity index (χ1v) is 8.24. The van der Waals surface area contributed by atoms with E-state index in [9.17, 15) is 4.79 Å². The second-order valence-electron chi connectivity index (χ2n) is 5.75. The lowest BCUT2D eigenvalue weighted by Gasteiger charge is -2.16. The van der Waals surface area contributed by atoms with E-state index >= 15 is 0 Å². The lowest BCUT2D eigenvalue weighted by Crippen LogP contribution is -2.25. The van der Waals surface area contributed by atoms with Gasteiger partial charge in [-0.2, -0.15) is 5.10 Å². The molecule has 3 aromatic rings. The van der Waals surface area contributed by atoms with Crippen LogP contribution in [0.2, 0.25) is 0 Å². The van der Waals surface area contributed by atoms with Gasteiger partial charge in [-0.25, -0.2) is 4.68 Å². The molecule has 3 rings (SSSR count). The van der Waals surface area contributed by atoms with Crippen LogP contribution in [-0.2, 0) is 6.54 Å². The van der Waals surface area contributed by atoms with E-state index in [-0.39, 0.29) is 5.91 Å². The Labute approximate surface area is 147 Å². The first kappa shape index (κ1) is 16.8. The van der Waals surface area contributed by atoms with Gasteiger partial charge in [0.1, 0.15) is 5.75 Å². The van der Waals surface area contributed by atoms with E-state index in [1.807, 2.05) is 61.5 Å². The van der Waals surface area contributed by atoms with E-state index in [0.29, 0.717) is 18.7 Å². The van der Waals surface area contributed by atoms with Crippen molar-refractivity contribution in [3.63, 3.8) is 0 Å². The van der Waals surface area contributed by atoms with Gasteiger partial charge in [0.25, 0.3) is 5.91 Å². The summed E-state index contributed by atoms with van der Waals surface area (Å²) in [5.74, 6) is 0.778. The van der Waals surface area contributed by atoms with Gasteiger partial charge in [0.15, 0.2) is 0 Å². The van der Waals surface area contributed by atoms with E-state index in [0.717, 1.165) is 17.0 Å². The molecule has 0 fully saturated rings. The summed E-state index contributed by atoms with van der Waals surface area (Å²) in [5, 5.41) is 4.28. The Morgan fingerprint density at radius 1 is 1.12 bits per heavy atom. The molecule has 0 aliphatic rings. The number of para-hydroxylation sites is 1. The third-order valence-corrected chi connectivity index (χ3v) is 3.85. The summed E-state index contributed by atoms with van der Waals surface area (Å²) >= 11 is 0. The van der Waals surface area contributed by atoms with Crippen molar-refractivity contribution in [2.24, 2.45) is 0 Å². The predicted octanol–water partition coefficient (Wildman–Crippen LogP) is 3.54. The minimum atomic E-state index is -0.0592. The molecule has 5 nitrogen and oxygen atoms in total. The Hall–Kier alpha value is -3.08. The molecule has 0 aliphatic carbocycles. The Bertz CT molecular complexity index is 826. The molecule has 5 heteroatoms. The zero-order chi connectivity index (χ0) is 17.6. The fourth-order valence-electron chi connectivity index (χ4n) is 2.58. The van der Waals surface area contributed by atoms with Crippen LogP contribution in [0.3, 0.4) is 0 Å². The Kier molecular flexibility index (Phi) is 5.14. The van der Waals surface area contributed by atoms with Crippen LogP contribution in [0, 0.1) is 0 Å². The van der Waals surface area contributed by atoms with Crippen molar-refractivity contribution in [1.82, 2.24) is 14.7 Å². The molecule has 0 saturated carbocycles. The quantitative estimate of drug-likeness (QED) is 0.692. The molecule has 2 aromatic carbocycles. The van der Waals surface area contributed by atoms with Gasteiger partial charge in [-0.05, 0) is 36.8 Å². The summed E-state index contributed by atoms with van der Waals surface area (Å²) < 4.78 is 7.14. The van der Waals surface area contributed by atoms with Gasteiger partial charge in [-0.1, -0.05) is 30.3 Å². The Morgan fingerprint density at radius 2 is 1.84 bits per heavy atom. The number of carbonyl (C=O) groups excluding carboxylic acids is 1. The van der Waals surface area contributed by atoms with Crippen molar-refractivity contribution in [3.05, 3.63) is 78.1 Å². The summed E-state index contributed by atoms with van der Waals surface area (Å²) in [5.41, 5.74) is 2.54. The van der Waals surface area contributed by atoms with Crippen molar-refractivity contribution < 1.29 is 9.53 Å². The molecule has 0 unspecified atom stereocenters. The SMILES string of the molecule is CCOc1ccc(CN(C)C(=O)c2cnn(-c3ccccc3)c2)cc1. The maximum atomic E-state index is 12.6. The first-order chi connectivity index (χ1) is 12.2. The van der Waals surface area contributed by atoms with Crippen LogP contribution in [-0.4, -0.2) is 34.2 Å². The summed E-state index contributed by atoms with van der Waals surface area (Å²) in [7, 11) is 1.79. The maximum Gasteiger partial charge on any atom is 0.257 e. The number of amides is 1. The molecule has 1 heterocycles. The summed E-state index contributed by atoms with van der Waals surface area (Å²) in [6, 6.07) is 17.5. The molecule has 0 radical (unpaired) electrons. The molecular formula is C20H21N3O2. The van der Waals surface area contributed by atoms with E-state index < -0.39 is 0 Å². The van der Waals surface area contributed by atoms with Gasteiger partial charge in [-0.15, -0.1) is 0 Å². The number of hydrogen-bond donors (Lipinski definition) is 0. The summed E-state index contributed by atoms with van der Waals surface area (Å²) in [6.07, 6.45) is 3.36. The second-order valence-corrected chi connectivity index (χ2v) is 5.75. The van der Waals surface area contributed by atoms with Crippen molar-refractivity contribution >= 4 is 5.91 Å². The minimum absolute atomic E-state index is 0.0592. The molecule has 25 heavy (non-hydrogen) atoms. The van der Waals surface area contributed by atoms with Gasteiger partial charge < -0.3 is 9.64 Å². The number of ether oxygens (including phenoxy) is 1. The van der Waals surface area contributed by atoms with Crippen LogP contribution in [0.1, 0.15) is 22.8 Å². The molecule has 0 spiro atoms. The van der Waals surface area contributed by atoms with Crippen molar-refractivity contribution in [3.8, 4) is 11.4 Å². The molecular weight excluding hydrogens is 314 g/mol. The highest BCUT2D eigenvalue weighted by molar-refractivity contribution is 5.93. The number of aromatic nitrogens is 2. The highest BCUT2D eigenvalue weighted by Crippen LogP contribution is 2.15. The normalized spacial score (nSPS) is 10.5. The highest BCUT2D eigenvalue weighted by atomic mass is 16.5. The maximum absolute atomic E-state index is 12.6. The fourth-order valence-corrected chi connectivity index (χ4v) is 2.58. The summed E-state index contributed by atoms with van der Waals surface area (Å²) in [6.45, 7) is 3.13. The topological polar surface area (TPSA) is 47.4 Å². The summed E-state index contributed by atoms with van der Waals surface area (Å²) in [4.78, 5) is 14.3. The molecule has 0 N–H and O–H groups in total. The molecule has 0 saturated heterocycles. The number of rotatable bonds is 6. The minimum Gasteiger partial charge on any atom is -0.494 e. The molecule has 0 bridgehead atoms. The average molecular weight is 335 g/mol. The van der Waals surface area contributed by atoms with Gasteiger partial charge >= 0.3 is 0 Å². The van der Waals surface area contributed by atoms with Crippen molar-refractivity contribution in [2.75, 3.05) is 13.7 Å². The first-order valence-electron chi connectivity index (χ1n) is 8.24.